The van der Waals surface area contributed by atoms with Crippen molar-refractivity contribution >= 4 is 11.0 Å². The van der Waals surface area contributed by atoms with E-state index in [2.05, 4.69) is 19.9 Å². The summed E-state index contributed by atoms with van der Waals surface area (Å²) in [6.45, 7) is 0. The standard InChI is InChI=1S/C16H12N4O/c21-13-7-3-6-12-14(13)20-16(19-12)11-5-2-1-4-10(11)15-17-8-9-18-15/h1-9,21H,(H,17,18)(H,19,20). The van der Waals surface area contributed by atoms with Crippen LogP contribution in [-0.2, 0) is 0 Å². The average Bonchev–Trinajstić information content (AvgIpc) is 3.17. The molecule has 0 saturated carbocycles. The Bertz CT molecular complexity index is 909. The van der Waals surface area contributed by atoms with Gasteiger partial charge in [0, 0.05) is 23.5 Å². The smallest absolute Gasteiger partial charge is 0.143 e. The van der Waals surface area contributed by atoms with Crippen molar-refractivity contribution < 1.29 is 5.11 Å². The molecule has 0 aliphatic rings. The van der Waals surface area contributed by atoms with Crippen LogP contribution in [0.4, 0.5) is 0 Å². The van der Waals surface area contributed by atoms with Crippen LogP contribution < -0.4 is 0 Å². The highest BCUT2D eigenvalue weighted by Crippen LogP contribution is 2.31. The zero-order valence-electron chi connectivity index (χ0n) is 11.0. The number of imidazole rings is 2. The van der Waals surface area contributed by atoms with Crippen molar-refractivity contribution in [3.05, 3.63) is 54.9 Å². The summed E-state index contributed by atoms with van der Waals surface area (Å²) in [7, 11) is 0. The van der Waals surface area contributed by atoms with E-state index in [-0.39, 0.29) is 5.75 Å². The van der Waals surface area contributed by atoms with Gasteiger partial charge in [-0.3, -0.25) is 0 Å². The molecule has 21 heavy (non-hydrogen) atoms. The average molecular weight is 276 g/mol. The van der Waals surface area contributed by atoms with Crippen molar-refractivity contribution in [3.8, 4) is 28.5 Å². The summed E-state index contributed by atoms with van der Waals surface area (Å²) in [6, 6.07) is 13.2. The maximum atomic E-state index is 9.88. The molecule has 2 heterocycles. The fourth-order valence-electron chi connectivity index (χ4n) is 2.45. The highest BCUT2D eigenvalue weighted by atomic mass is 16.3. The quantitative estimate of drug-likeness (QED) is 0.525. The second kappa shape index (κ2) is 4.49. The van der Waals surface area contributed by atoms with E-state index in [4.69, 9.17) is 0 Å². The largest absolute Gasteiger partial charge is 0.506 e. The molecule has 2 aromatic carbocycles. The molecule has 5 nitrogen and oxygen atoms in total. The minimum Gasteiger partial charge on any atom is -0.506 e. The van der Waals surface area contributed by atoms with Crippen LogP contribution in [-0.4, -0.2) is 25.0 Å². The van der Waals surface area contributed by atoms with Crippen LogP contribution in [0.15, 0.2) is 54.9 Å². The van der Waals surface area contributed by atoms with Gasteiger partial charge in [0.25, 0.3) is 0 Å². The number of fused-ring (bicyclic) bond motifs is 1. The molecule has 0 saturated heterocycles. The molecule has 0 atom stereocenters. The van der Waals surface area contributed by atoms with E-state index in [1.54, 1.807) is 24.5 Å². The zero-order valence-corrected chi connectivity index (χ0v) is 11.0. The molecule has 0 spiro atoms. The maximum Gasteiger partial charge on any atom is 0.143 e. The first-order chi connectivity index (χ1) is 10.3. The predicted molar refractivity (Wildman–Crippen MR) is 80.8 cm³/mol. The number of aromatic hydroxyl groups is 1. The fourth-order valence-corrected chi connectivity index (χ4v) is 2.45. The molecule has 0 aliphatic carbocycles. The van der Waals surface area contributed by atoms with E-state index < -0.39 is 0 Å². The van der Waals surface area contributed by atoms with Crippen molar-refractivity contribution in [3.63, 3.8) is 0 Å². The van der Waals surface area contributed by atoms with Crippen molar-refractivity contribution in [1.82, 2.24) is 19.9 Å². The van der Waals surface area contributed by atoms with E-state index in [1.807, 2.05) is 30.3 Å². The second-order valence-corrected chi connectivity index (χ2v) is 4.74. The SMILES string of the molecule is Oc1cccc2[nH]c(-c3ccccc3-c3ncc[nH]3)nc12. The molecule has 0 radical (unpaired) electrons. The Balaban J connectivity index is 1.95. The first-order valence-corrected chi connectivity index (χ1v) is 6.60. The summed E-state index contributed by atoms with van der Waals surface area (Å²) in [4.78, 5) is 15.2. The van der Waals surface area contributed by atoms with E-state index in [0.717, 1.165) is 22.5 Å². The van der Waals surface area contributed by atoms with Crippen LogP contribution in [0.25, 0.3) is 33.8 Å². The Morgan fingerprint density at radius 1 is 0.905 bits per heavy atom. The minimum absolute atomic E-state index is 0.172. The Kier molecular flexibility index (Phi) is 2.50. The van der Waals surface area contributed by atoms with Crippen LogP contribution in [0.3, 0.4) is 0 Å². The van der Waals surface area contributed by atoms with Crippen LogP contribution >= 0.6 is 0 Å². The number of nitrogens with zero attached hydrogens (tertiary/aromatic N) is 2. The van der Waals surface area contributed by atoms with Crippen molar-refractivity contribution in [2.45, 2.75) is 0 Å². The lowest BCUT2D eigenvalue weighted by molar-refractivity contribution is 0.480. The molecule has 0 fully saturated rings. The lowest BCUT2D eigenvalue weighted by Crippen LogP contribution is -1.88. The van der Waals surface area contributed by atoms with E-state index in [9.17, 15) is 5.11 Å². The van der Waals surface area contributed by atoms with Gasteiger partial charge >= 0.3 is 0 Å². The molecule has 0 bridgehead atoms. The number of hydrogen-bond donors (Lipinski definition) is 3. The van der Waals surface area contributed by atoms with Crippen molar-refractivity contribution in [2.75, 3.05) is 0 Å². The molecule has 4 aromatic rings. The number of H-pyrrole nitrogens is 2. The number of aromatic nitrogens is 4. The lowest BCUT2D eigenvalue weighted by Gasteiger charge is -2.04. The predicted octanol–water partition coefficient (Wildman–Crippen LogP) is 3.33. The third-order valence-corrected chi connectivity index (χ3v) is 3.43. The second-order valence-electron chi connectivity index (χ2n) is 4.74. The highest BCUT2D eigenvalue weighted by Gasteiger charge is 2.13. The summed E-state index contributed by atoms with van der Waals surface area (Å²) in [5.41, 5.74) is 3.27. The molecular formula is C16H12N4O. The summed E-state index contributed by atoms with van der Waals surface area (Å²) in [5.74, 6) is 1.67. The third-order valence-electron chi connectivity index (χ3n) is 3.43. The number of para-hydroxylation sites is 1. The van der Waals surface area contributed by atoms with Gasteiger partial charge in [0.2, 0.25) is 0 Å². The summed E-state index contributed by atoms with van der Waals surface area (Å²) in [5, 5.41) is 9.88. The van der Waals surface area contributed by atoms with Crippen LogP contribution in [0, 0.1) is 0 Å². The fraction of sp³-hybridized carbons (Fsp3) is 0. The first kappa shape index (κ1) is 11.7. The number of phenolic OH excluding ortho intramolecular Hbond substituents is 1. The number of nitrogens with one attached hydrogen (secondary N) is 2. The normalized spacial score (nSPS) is 11.0. The number of phenols is 1. The maximum absolute atomic E-state index is 9.88. The minimum atomic E-state index is 0.172. The summed E-state index contributed by atoms with van der Waals surface area (Å²) < 4.78 is 0. The topological polar surface area (TPSA) is 77.6 Å². The van der Waals surface area contributed by atoms with Crippen LogP contribution in [0.1, 0.15) is 0 Å². The molecule has 102 valence electrons. The van der Waals surface area contributed by atoms with Gasteiger partial charge in [-0.15, -0.1) is 0 Å². The van der Waals surface area contributed by atoms with Gasteiger partial charge in [0.05, 0.1) is 5.52 Å². The molecule has 5 heteroatoms. The van der Waals surface area contributed by atoms with Crippen molar-refractivity contribution in [1.29, 1.82) is 0 Å². The zero-order chi connectivity index (χ0) is 14.2. The molecule has 4 rings (SSSR count). The Morgan fingerprint density at radius 2 is 1.71 bits per heavy atom. The third kappa shape index (κ3) is 1.87. The summed E-state index contributed by atoms with van der Waals surface area (Å²) >= 11 is 0. The first-order valence-electron chi connectivity index (χ1n) is 6.60. The van der Waals surface area contributed by atoms with E-state index in [0.29, 0.717) is 11.3 Å². The lowest BCUT2D eigenvalue weighted by atomic mass is 10.1. The summed E-state index contributed by atoms with van der Waals surface area (Å²) in [6.07, 6.45) is 3.51. The monoisotopic (exact) mass is 276 g/mol. The molecule has 3 N–H and O–H groups in total. The van der Waals surface area contributed by atoms with Gasteiger partial charge in [-0.2, -0.15) is 0 Å². The number of aromatic amines is 2. The Morgan fingerprint density at radius 3 is 2.43 bits per heavy atom. The van der Waals surface area contributed by atoms with Gasteiger partial charge in [-0.1, -0.05) is 30.3 Å². The van der Waals surface area contributed by atoms with Gasteiger partial charge in [0.15, 0.2) is 0 Å². The van der Waals surface area contributed by atoms with E-state index in [1.165, 1.54) is 0 Å². The Hall–Kier alpha value is -3.08. The Labute approximate surface area is 120 Å². The number of rotatable bonds is 2. The number of hydrogen-bond acceptors (Lipinski definition) is 3. The molecule has 0 amide bonds. The molecule has 2 aromatic heterocycles. The molecule has 0 aliphatic heterocycles. The van der Waals surface area contributed by atoms with E-state index >= 15 is 0 Å². The van der Waals surface area contributed by atoms with Gasteiger partial charge in [0.1, 0.15) is 22.9 Å². The highest BCUT2D eigenvalue weighted by molar-refractivity contribution is 5.87. The van der Waals surface area contributed by atoms with Crippen LogP contribution in [0.5, 0.6) is 5.75 Å². The van der Waals surface area contributed by atoms with Gasteiger partial charge < -0.3 is 15.1 Å². The van der Waals surface area contributed by atoms with Crippen LogP contribution in [0.2, 0.25) is 0 Å². The molecule has 0 unspecified atom stereocenters. The number of benzene rings is 2. The van der Waals surface area contributed by atoms with Gasteiger partial charge in [-0.25, -0.2) is 9.97 Å². The van der Waals surface area contributed by atoms with Crippen molar-refractivity contribution in [2.24, 2.45) is 0 Å². The van der Waals surface area contributed by atoms with Gasteiger partial charge in [-0.05, 0) is 12.1 Å². The molecular weight excluding hydrogens is 264 g/mol.